The average Bonchev–Trinajstić information content (AvgIpc) is 2.76. The molecule has 3 rings (SSSR count). The summed E-state index contributed by atoms with van der Waals surface area (Å²) in [6, 6.07) is 17.8. The normalized spacial score (nSPS) is 10.1. The van der Waals surface area contributed by atoms with Crippen LogP contribution < -0.4 is 9.47 Å². The molecule has 0 unspecified atom stereocenters. The number of para-hydroxylation sites is 1. The van der Waals surface area contributed by atoms with Gasteiger partial charge in [0.2, 0.25) is 0 Å². The molecule has 0 aliphatic rings. The van der Waals surface area contributed by atoms with E-state index >= 15 is 0 Å². The molecule has 3 nitrogen and oxygen atoms in total. The molecule has 0 heterocycles. The van der Waals surface area contributed by atoms with Crippen molar-refractivity contribution in [1.82, 2.24) is 0 Å². The monoisotopic (exact) mass is 427 g/mol. The summed E-state index contributed by atoms with van der Waals surface area (Å²) in [5.41, 5.74) is 2.60. The van der Waals surface area contributed by atoms with Gasteiger partial charge in [0.15, 0.2) is 0 Å². The maximum atomic E-state index is 9.37. The van der Waals surface area contributed by atoms with E-state index in [9.17, 15) is 5.26 Å². The number of nitrogens with zero attached hydrogens (tertiary/aromatic N) is 1. The van der Waals surface area contributed by atoms with Crippen molar-refractivity contribution in [3.8, 4) is 23.3 Å². The molecule has 3 aromatic carbocycles. The van der Waals surface area contributed by atoms with Gasteiger partial charge in [-0.2, -0.15) is 5.26 Å². The lowest BCUT2D eigenvalue weighted by Gasteiger charge is -2.17. The Balaban J connectivity index is 0.00000114. The SMILES string of the molecule is C=CCc1cc2cc(OC(C)C)c(CC=C)cc2cc1Oc1ccccc1C#N.CCC. The Morgan fingerprint density at radius 2 is 1.41 bits per heavy atom. The number of allylic oxidation sites excluding steroid dienone is 2. The van der Waals surface area contributed by atoms with Crippen LogP contribution in [0.4, 0.5) is 0 Å². The van der Waals surface area contributed by atoms with E-state index in [-0.39, 0.29) is 6.10 Å². The fourth-order valence-electron chi connectivity index (χ4n) is 3.26. The third-order valence-corrected chi connectivity index (χ3v) is 4.52. The van der Waals surface area contributed by atoms with Crippen LogP contribution in [0.1, 0.15) is 50.8 Å². The van der Waals surface area contributed by atoms with Gasteiger partial charge in [0.1, 0.15) is 23.3 Å². The van der Waals surface area contributed by atoms with Crippen molar-refractivity contribution in [2.75, 3.05) is 0 Å². The minimum Gasteiger partial charge on any atom is -0.491 e. The van der Waals surface area contributed by atoms with E-state index in [1.165, 1.54) is 6.42 Å². The van der Waals surface area contributed by atoms with Crippen LogP contribution in [-0.4, -0.2) is 6.10 Å². The first-order valence-corrected chi connectivity index (χ1v) is 11.1. The molecule has 0 aliphatic heterocycles. The fourth-order valence-corrected chi connectivity index (χ4v) is 3.26. The van der Waals surface area contributed by atoms with Crippen molar-refractivity contribution in [2.45, 2.75) is 53.1 Å². The Morgan fingerprint density at radius 3 is 1.94 bits per heavy atom. The zero-order chi connectivity index (χ0) is 23.5. The van der Waals surface area contributed by atoms with E-state index in [2.05, 4.69) is 51.3 Å². The highest BCUT2D eigenvalue weighted by Gasteiger charge is 2.13. The molecule has 0 amide bonds. The Bertz CT molecular complexity index is 1110. The minimum atomic E-state index is 0.0914. The van der Waals surface area contributed by atoms with Crippen LogP contribution in [0, 0.1) is 11.3 Å². The number of ether oxygens (including phenoxy) is 2. The van der Waals surface area contributed by atoms with Crippen LogP contribution in [0.15, 0.2) is 73.8 Å². The van der Waals surface area contributed by atoms with E-state index in [0.717, 1.165) is 39.8 Å². The van der Waals surface area contributed by atoms with Gasteiger partial charge < -0.3 is 9.47 Å². The summed E-state index contributed by atoms with van der Waals surface area (Å²) in [6.45, 7) is 16.0. The van der Waals surface area contributed by atoms with Gasteiger partial charge in [-0.3, -0.25) is 0 Å². The number of benzene rings is 3. The van der Waals surface area contributed by atoms with Crippen LogP contribution >= 0.6 is 0 Å². The third-order valence-electron chi connectivity index (χ3n) is 4.52. The molecule has 0 radical (unpaired) electrons. The first kappa shape index (κ1) is 24.8. The molecule has 0 atom stereocenters. The summed E-state index contributed by atoms with van der Waals surface area (Å²) in [4.78, 5) is 0. The molecular weight excluding hydrogens is 394 g/mol. The van der Waals surface area contributed by atoms with Gasteiger partial charge in [-0.25, -0.2) is 0 Å². The first-order valence-electron chi connectivity index (χ1n) is 11.1. The zero-order valence-corrected chi connectivity index (χ0v) is 19.7. The summed E-state index contributed by atoms with van der Waals surface area (Å²) >= 11 is 0. The molecule has 166 valence electrons. The Kier molecular flexibility index (Phi) is 9.57. The van der Waals surface area contributed by atoms with Crippen molar-refractivity contribution in [1.29, 1.82) is 5.26 Å². The summed E-state index contributed by atoms with van der Waals surface area (Å²) in [7, 11) is 0. The van der Waals surface area contributed by atoms with E-state index in [0.29, 0.717) is 17.7 Å². The van der Waals surface area contributed by atoms with Gasteiger partial charge in [-0.1, -0.05) is 44.6 Å². The third kappa shape index (κ3) is 6.49. The second-order valence-corrected chi connectivity index (χ2v) is 7.84. The molecule has 3 aromatic rings. The van der Waals surface area contributed by atoms with Crippen LogP contribution in [0.2, 0.25) is 0 Å². The Labute approximate surface area is 192 Å². The maximum Gasteiger partial charge on any atom is 0.145 e. The smallest absolute Gasteiger partial charge is 0.145 e. The van der Waals surface area contributed by atoms with Crippen LogP contribution in [0.3, 0.4) is 0 Å². The van der Waals surface area contributed by atoms with Crippen molar-refractivity contribution < 1.29 is 9.47 Å². The number of nitriles is 1. The maximum absolute atomic E-state index is 9.37. The lowest BCUT2D eigenvalue weighted by molar-refractivity contribution is 0.240. The van der Waals surface area contributed by atoms with Gasteiger partial charge >= 0.3 is 0 Å². The van der Waals surface area contributed by atoms with Crippen molar-refractivity contribution in [3.63, 3.8) is 0 Å². The largest absolute Gasteiger partial charge is 0.491 e. The van der Waals surface area contributed by atoms with Crippen LogP contribution in [0.5, 0.6) is 17.2 Å². The van der Waals surface area contributed by atoms with E-state index in [1.807, 2.05) is 50.3 Å². The number of hydrogen-bond acceptors (Lipinski definition) is 3. The zero-order valence-electron chi connectivity index (χ0n) is 19.7. The highest BCUT2D eigenvalue weighted by molar-refractivity contribution is 5.87. The molecule has 32 heavy (non-hydrogen) atoms. The summed E-state index contributed by atoms with van der Waals surface area (Å²) in [6.07, 6.45) is 6.45. The molecule has 0 spiro atoms. The number of rotatable bonds is 8. The molecular formula is C29H33NO2. The quantitative estimate of drug-likeness (QED) is 0.340. The van der Waals surface area contributed by atoms with E-state index in [4.69, 9.17) is 9.47 Å². The average molecular weight is 428 g/mol. The van der Waals surface area contributed by atoms with Gasteiger partial charge in [0, 0.05) is 0 Å². The predicted molar refractivity (Wildman–Crippen MR) is 135 cm³/mol. The summed E-state index contributed by atoms with van der Waals surface area (Å²) in [5.74, 6) is 2.15. The number of hydrogen-bond donors (Lipinski definition) is 0. The predicted octanol–water partition coefficient (Wildman–Crippen LogP) is 8.16. The van der Waals surface area contributed by atoms with E-state index < -0.39 is 0 Å². The Morgan fingerprint density at radius 1 is 0.875 bits per heavy atom. The van der Waals surface area contributed by atoms with Crippen molar-refractivity contribution in [3.05, 3.63) is 90.5 Å². The fraction of sp³-hybridized carbons (Fsp3) is 0.276. The second-order valence-electron chi connectivity index (χ2n) is 7.84. The molecule has 3 heteroatoms. The van der Waals surface area contributed by atoms with Crippen molar-refractivity contribution in [2.24, 2.45) is 0 Å². The molecule has 0 fully saturated rings. The van der Waals surface area contributed by atoms with Gasteiger partial charge in [0.25, 0.3) is 0 Å². The topological polar surface area (TPSA) is 42.2 Å². The lowest BCUT2D eigenvalue weighted by Crippen LogP contribution is -2.07. The number of fused-ring (bicyclic) bond motifs is 1. The summed E-state index contributed by atoms with van der Waals surface area (Å²) < 4.78 is 12.2. The minimum absolute atomic E-state index is 0.0914. The van der Waals surface area contributed by atoms with Gasteiger partial charge in [0.05, 0.1) is 11.7 Å². The second kappa shape index (κ2) is 12.4. The van der Waals surface area contributed by atoms with Crippen molar-refractivity contribution >= 4 is 10.8 Å². The van der Waals surface area contributed by atoms with E-state index in [1.54, 1.807) is 6.07 Å². The highest BCUT2D eigenvalue weighted by atomic mass is 16.5. The highest BCUT2D eigenvalue weighted by Crippen LogP contribution is 2.35. The molecule has 0 bridgehead atoms. The molecule has 0 N–H and O–H groups in total. The first-order chi connectivity index (χ1) is 15.5. The molecule has 0 saturated heterocycles. The standard InChI is InChI=1S/C26H25NO2.C3H8/c1-5-9-19-13-23-16-26(29-24-12-8-7-11-21(24)17-27)20(10-6-2)14-22(23)15-25(19)28-18(3)4;1-3-2/h5-8,11-16,18H,1-2,9-10H2,3-4H3;3H2,1-2H3. The lowest BCUT2D eigenvalue weighted by atomic mass is 9.99. The van der Waals surface area contributed by atoms with Crippen LogP contribution in [-0.2, 0) is 12.8 Å². The molecule has 0 aromatic heterocycles. The Hall–Kier alpha value is -3.51. The van der Waals surface area contributed by atoms with Gasteiger partial charge in [-0.15, -0.1) is 13.2 Å². The molecule has 0 aliphatic carbocycles. The summed E-state index contributed by atoms with van der Waals surface area (Å²) in [5, 5.41) is 11.5. The van der Waals surface area contributed by atoms with Gasteiger partial charge in [-0.05, 0) is 85.0 Å². The van der Waals surface area contributed by atoms with Crippen LogP contribution in [0.25, 0.3) is 10.8 Å². The molecule has 0 saturated carbocycles.